The number of methoxy groups -OCH3 is 1. The van der Waals surface area contributed by atoms with Crippen LogP contribution in [0.5, 0.6) is 5.75 Å². The molecule has 0 aliphatic carbocycles. The van der Waals surface area contributed by atoms with Gasteiger partial charge in [0.2, 0.25) is 5.91 Å². The Bertz CT molecular complexity index is 986. The Balaban J connectivity index is 1.72. The highest BCUT2D eigenvalue weighted by Crippen LogP contribution is 2.38. The van der Waals surface area contributed by atoms with Gasteiger partial charge in [-0.1, -0.05) is 42.5 Å². The Morgan fingerprint density at radius 2 is 1.83 bits per heavy atom. The first-order valence-corrected chi connectivity index (χ1v) is 10.9. The predicted octanol–water partition coefficient (Wildman–Crippen LogP) is 4.20. The number of rotatable bonds is 6. The fourth-order valence-corrected chi connectivity index (χ4v) is 4.51. The summed E-state index contributed by atoms with van der Waals surface area (Å²) in [5.74, 6) is 0.760. The van der Waals surface area contributed by atoms with Crippen molar-refractivity contribution in [2.24, 2.45) is 0 Å². The second-order valence-corrected chi connectivity index (χ2v) is 7.87. The first-order chi connectivity index (χ1) is 14.7. The summed E-state index contributed by atoms with van der Waals surface area (Å²) < 4.78 is 11.0. The minimum Gasteiger partial charge on any atom is -0.495 e. The Hall–Kier alpha value is -2.90. The third kappa shape index (κ3) is 4.17. The maximum Gasteiger partial charge on any atom is 0.245 e. The second kappa shape index (κ2) is 9.28. The van der Waals surface area contributed by atoms with Crippen LogP contribution in [0.2, 0.25) is 0 Å². The van der Waals surface area contributed by atoms with Crippen molar-refractivity contribution in [2.75, 3.05) is 38.3 Å². The third-order valence-electron chi connectivity index (χ3n) is 5.18. The minimum atomic E-state index is -0.436. The molecule has 6 nitrogen and oxygen atoms in total. The van der Waals surface area contributed by atoms with E-state index in [9.17, 15) is 4.79 Å². The van der Waals surface area contributed by atoms with Gasteiger partial charge >= 0.3 is 0 Å². The van der Waals surface area contributed by atoms with Crippen molar-refractivity contribution in [3.63, 3.8) is 0 Å². The van der Waals surface area contributed by atoms with Crippen LogP contribution in [0, 0.1) is 0 Å². The molecule has 0 N–H and O–H groups in total. The first kappa shape index (κ1) is 20.4. The van der Waals surface area contributed by atoms with Gasteiger partial charge in [-0.15, -0.1) is 11.3 Å². The standard InChI is InChI=1S/C23H25N3O3S/c1-17(22(27)25-12-14-29-15-13-25)26(20-10-6-7-11-21(20)28-2)23-24-19(16-30-23)18-8-4-3-5-9-18/h3-11,16-17H,12-15H2,1-2H3/t17-/m1/s1. The van der Waals surface area contributed by atoms with E-state index in [0.29, 0.717) is 32.1 Å². The van der Waals surface area contributed by atoms with Crippen LogP contribution in [0.25, 0.3) is 11.3 Å². The van der Waals surface area contributed by atoms with Crippen molar-refractivity contribution < 1.29 is 14.3 Å². The number of hydrogen-bond acceptors (Lipinski definition) is 6. The van der Waals surface area contributed by atoms with Gasteiger partial charge in [0, 0.05) is 24.0 Å². The summed E-state index contributed by atoms with van der Waals surface area (Å²) in [6.07, 6.45) is 0. The molecule has 2 aromatic carbocycles. The van der Waals surface area contributed by atoms with Gasteiger partial charge in [0.15, 0.2) is 5.13 Å². The van der Waals surface area contributed by atoms with Gasteiger partial charge in [0.1, 0.15) is 11.8 Å². The Labute approximate surface area is 180 Å². The fourth-order valence-electron chi connectivity index (χ4n) is 3.58. The number of carbonyl (C=O) groups is 1. The molecule has 1 amide bonds. The molecule has 0 unspecified atom stereocenters. The molecule has 0 saturated carbocycles. The molecule has 3 aromatic rings. The topological polar surface area (TPSA) is 54.9 Å². The molecular weight excluding hydrogens is 398 g/mol. The van der Waals surface area contributed by atoms with Gasteiger partial charge in [-0.25, -0.2) is 4.98 Å². The van der Waals surface area contributed by atoms with Crippen molar-refractivity contribution in [3.05, 3.63) is 60.0 Å². The number of thiazole rings is 1. The predicted molar refractivity (Wildman–Crippen MR) is 120 cm³/mol. The molecule has 1 saturated heterocycles. The molecule has 1 atom stereocenters. The Kier molecular flexibility index (Phi) is 6.30. The van der Waals surface area contributed by atoms with E-state index >= 15 is 0 Å². The first-order valence-electron chi connectivity index (χ1n) is 9.99. The maximum atomic E-state index is 13.3. The molecular formula is C23H25N3O3S. The van der Waals surface area contributed by atoms with E-state index in [-0.39, 0.29) is 5.91 Å². The lowest BCUT2D eigenvalue weighted by Crippen LogP contribution is -2.49. The summed E-state index contributed by atoms with van der Waals surface area (Å²) in [6, 6.07) is 17.4. The normalized spacial score (nSPS) is 14.9. The van der Waals surface area contributed by atoms with Crippen LogP contribution in [0.4, 0.5) is 10.8 Å². The van der Waals surface area contributed by atoms with Crippen LogP contribution in [0.1, 0.15) is 6.92 Å². The van der Waals surface area contributed by atoms with Gasteiger partial charge < -0.3 is 19.3 Å². The number of amides is 1. The van der Waals surface area contributed by atoms with Crippen molar-refractivity contribution in [1.82, 2.24) is 9.88 Å². The number of anilines is 2. The number of aromatic nitrogens is 1. The van der Waals surface area contributed by atoms with E-state index in [1.807, 2.05) is 76.7 Å². The van der Waals surface area contributed by atoms with Gasteiger partial charge in [0.05, 0.1) is 31.7 Å². The van der Waals surface area contributed by atoms with Crippen molar-refractivity contribution >= 4 is 28.1 Å². The van der Waals surface area contributed by atoms with Crippen LogP contribution in [0.3, 0.4) is 0 Å². The lowest BCUT2D eigenvalue weighted by Gasteiger charge is -2.34. The van der Waals surface area contributed by atoms with Crippen molar-refractivity contribution in [1.29, 1.82) is 0 Å². The SMILES string of the molecule is COc1ccccc1N(c1nc(-c2ccccc2)cs1)[C@H](C)C(=O)N1CCOCC1. The van der Waals surface area contributed by atoms with Crippen LogP contribution in [-0.4, -0.2) is 55.2 Å². The molecule has 0 spiro atoms. The zero-order valence-electron chi connectivity index (χ0n) is 17.2. The number of hydrogen-bond donors (Lipinski definition) is 0. The number of morpholine rings is 1. The van der Waals surface area contributed by atoms with Crippen LogP contribution in [-0.2, 0) is 9.53 Å². The number of ether oxygens (including phenoxy) is 2. The summed E-state index contributed by atoms with van der Waals surface area (Å²) >= 11 is 1.52. The van der Waals surface area contributed by atoms with E-state index in [0.717, 1.165) is 22.1 Å². The van der Waals surface area contributed by atoms with Gasteiger partial charge in [-0.05, 0) is 19.1 Å². The molecule has 30 heavy (non-hydrogen) atoms. The van der Waals surface area contributed by atoms with E-state index < -0.39 is 6.04 Å². The van der Waals surface area contributed by atoms with E-state index in [4.69, 9.17) is 14.5 Å². The molecule has 0 bridgehead atoms. The van der Waals surface area contributed by atoms with Gasteiger partial charge in [-0.3, -0.25) is 4.79 Å². The third-order valence-corrected chi connectivity index (χ3v) is 6.02. The van der Waals surface area contributed by atoms with Crippen molar-refractivity contribution in [2.45, 2.75) is 13.0 Å². The van der Waals surface area contributed by atoms with E-state index in [1.54, 1.807) is 7.11 Å². The zero-order chi connectivity index (χ0) is 20.9. The molecule has 156 valence electrons. The van der Waals surface area contributed by atoms with Crippen LogP contribution in [0.15, 0.2) is 60.0 Å². The molecule has 4 rings (SSSR count). The molecule has 1 fully saturated rings. The maximum absolute atomic E-state index is 13.3. The lowest BCUT2D eigenvalue weighted by atomic mass is 10.2. The summed E-state index contributed by atoms with van der Waals surface area (Å²) in [4.78, 5) is 22.0. The summed E-state index contributed by atoms with van der Waals surface area (Å²) in [5.41, 5.74) is 2.76. The molecule has 1 aliphatic rings. The largest absolute Gasteiger partial charge is 0.495 e. The quantitative estimate of drug-likeness (QED) is 0.595. The number of benzene rings is 2. The zero-order valence-corrected chi connectivity index (χ0v) is 18.0. The summed E-state index contributed by atoms with van der Waals surface area (Å²) in [7, 11) is 1.64. The second-order valence-electron chi connectivity index (χ2n) is 7.04. The van der Waals surface area contributed by atoms with Gasteiger partial charge in [-0.2, -0.15) is 0 Å². The lowest BCUT2D eigenvalue weighted by molar-refractivity contribution is -0.136. The summed E-state index contributed by atoms with van der Waals surface area (Å²) in [5, 5.41) is 2.78. The minimum absolute atomic E-state index is 0.0562. The van der Waals surface area contributed by atoms with Crippen molar-refractivity contribution in [3.8, 4) is 17.0 Å². The Morgan fingerprint density at radius 1 is 1.13 bits per heavy atom. The highest BCUT2D eigenvalue weighted by Gasteiger charge is 2.31. The smallest absolute Gasteiger partial charge is 0.245 e. The Morgan fingerprint density at radius 3 is 2.57 bits per heavy atom. The molecule has 1 aliphatic heterocycles. The monoisotopic (exact) mass is 423 g/mol. The average molecular weight is 424 g/mol. The number of carbonyl (C=O) groups excluding carboxylic acids is 1. The van der Waals surface area contributed by atoms with E-state index in [1.165, 1.54) is 11.3 Å². The van der Waals surface area contributed by atoms with Crippen LogP contribution >= 0.6 is 11.3 Å². The number of nitrogens with zero attached hydrogens (tertiary/aromatic N) is 3. The highest BCUT2D eigenvalue weighted by molar-refractivity contribution is 7.14. The average Bonchev–Trinajstić information content (AvgIpc) is 3.30. The molecule has 7 heteroatoms. The number of para-hydroxylation sites is 2. The van der Waals surface area contributed by atoms with E-state index in [2.05, 4.69) is 0 Å². The fraction of sp³-hybridized carbons (Fsp3) is 0.304. The molecule has 1 aromatic heterocycles. The molecule has 0 radical (unpaired) electrons. The van der Waals surface area contributed by atoms with Gasteiger partial charge in [0.25, 0.3) is 0 Å². The highest BCUT2D eigenvalue weighted by atomic mass is 32.1. The van der Waals surface area contributed by atoms with Crippen LogP contribution < -0.4 is 9.64 Å². The summed E-state index contributed by atoms with van der Waals surface area (Å²) in [6.45, 7) is 4.28. The molecule has 2 heterocycles.